The van der Waals surface area contributed by atoms with Crippen LogP contribution in [0, 0.1) is 23.7 Å². The molecule has 3 N–H and O–H groups in total. The van der Waals surface area contributed by atoms with E-state index in [1.165, 1.54) is 0 Å². The second-order valence-electron chi connectivity index (χ2n) is 16.9. The maximum atomic E-state index is 14.2. The highest BCUT2D eigenvalue weighted by atomic mass is 16.8. The van der Waals surface area contributed by atoms with Crippen LogP contribution in [0.25, 0.3) is 0 Å². The highest BCUT2D eigenvalue weighted by Crippen LogP contribution is 2.59. The zero-order valence-corrected chi connectivity index (χ0v) is 32.5. The molecule has 13 heteroatoms. The smallest absolute Gasteiger partial charge is 0.311 e. The van der Waals surface area contributed by atoms with Crippen LogP contribution in [-0.4, -0.2) is 137 Å². The van der Waals surface area contributed by atoms with Crippen LogP contribution in [0.15, 0.2) is 0 Å². The number of hydrogen-bond acceptors (Lipinski definition) is 13. The fourth-order valence-corrected chi connectivity index (χ4v) is 9.81. The number of carbonyl (C=O) groups is 1. The molecular weight excluding hydrogens is 650 g/mol. The third kappa shape index (κ3) is 6.69. The summed E-state index contributed by atoms with van der Waals surface area (Å²) in [7, 11) is 5.39. The number of esters is 1. The molecule has 1 spiro atoms. The lowest BCUT2D eigenvalue weighted by Gasteiger charge is -2.49. The van der Waals surface area contributed by atoms with Gasteiger partial charge < -0.3 is 58.1 Å². The Hall–Kier alpha value is -0.970. The number of aliphatic hydroxyl groups is 3. The van der Waals surface area contributed by atoms with E-state index in [9.17, 15) is 20.1 Å². The average molecular weight is 716 g/mol. The van der Waals surface area contributed by atoms with Gasteiger partial charge in [-0.1, -0.05) is 27.7 Å². The van der Waals surface area contributed by atoms with Crippen LogP contribution in [0.5, 0.6) is 0 Å². The van der Waals surface area contributed by atoms with Crippen LogP contribution in [0.3, 0.4) is 0 Å². The Kier molecular flexibility index (Phi) is 11.5. The standard InChI is InChI=1S/C37H65NO12/c1-14-25-36(10)29(40)22(6)37(50-36)18(2)16-35(9,49-37)31(48-33-27(39)24(38(11)12)15-19(3)44-33)20(4)28(21(5)32(42)46-25)47-26-17-34(8,43-13)30(41)23(7)45-26/h18-31,33,39-41H,14-17H2,1-13H3/t18?,19-,20+,21-,22-,23+,24+,25+,26+,27-,28+,29-,30+,31-,33+,34-,35?,36?,37?/m1/s1. The third-order valence-corrected chi connectivity index (χ3v) is 12.9. The van der Waals surface area contributed by atoms with Crippen molar-refractivity contribution in [1.29, 1.82) is 0 Å². The largest absolute Gasteiger partial charge is 0.459 e. The molecule has 3 bridgehead atoms. The van der Waals surface area contributed by atoms with Gasteiger partial charge in [0, 0.05) is 37.3 Å². The molecule has 0 aromatic carbocycles. The van der Waals surface area contributed by atoms with Gasteiger partial charge in [-0.05, 0) is 74.9 Å². The van der Waals surface area contributed by atoms with Crippen molar-refractivity contribution >= 4 is 5.97 Å². The Morgan fingerprint density at radius 1 is 0.920 bits per heavy atom. The van der Waals surface area contributed by atoms with Gasteiger partial charge >= 0.3 is 5.97 Å². The van der Waals surface area contributed by atoms with E-state index in [0.717, 1.165) is 0 Å². The molecular formula is C37H65NO12. The zero-order chi connectivity index (χ0) is 37.3. The molecule has 0 saturated carbocycles. The third-order valence-electron chi connectivity index (χ3n) is 12.9. The summed E-state index contributed by atoms with van der Waals surface area (Å²) in [5, 5.41) is 34.4. The number of ether oxygens (including phenoxy) is 8. The Balaban J connectivity index is 1.62. The van der Waals surface area contributed by atoms with Gasteiger partial charge in [0.1, 0.15) is 23.9 Å². The number of rotatable bonds is 7. The second-order valence-corrected chi connectivity index (χ2v) is 16.9. The molecule has 5 saturated heterocycles. The van der Waals surface area contributed by atoms with Crippen molar-refractivity contribution in [2.45, 2.75) is 185 Å². The Morgan fingerprint density at radius 3 is 2.18 bits per heavy atom. The molecule has 50 heavy (non-hydrogen) atoms. The van der Waals surface area contributed by atoms with Crippen LogP contribution in [-0.2, 0) is 42.7 Å². The van der Waals surface area contributed by atoms with E-state index >= 15 is 0 Å². The minimum Gasteiger partial charge on any atom is -0.459 e. The molecule has 5 heterocycles. The van der Waals surface area contributed by atoms with Gasteiger partial charge in [-0.15, -0.1) is 0 Å². The predicted molar refractivity (Wildman–Crippen MR) is 182 cm³/mol. The molecule has 0 radical (unpaired) electrons. The fraction of sp³-hybridized carbons (Fsp3) is 0.973. The summed E-state index contributed by atoms with van der Waals surface area (Å²) in [6, 6.07) is -0.218. The molecule has 5 rings (SSSR count). The van der Waals surface area contributed by atoms with Crippen molar-refractivity contribution in [3.8, 4) is 0 Å². The zero-order valence-electron chi connectivity index (χ0n) is 32.5. The first-order valence-corrected chi connectivity index (χ1v) is 18.7. The Morgan fingerprint density at radius 2 is 1.58 bits per heavy atom. The molecule has 19 atom stereocenters. The lowest BCUT2D eigenvalue weighted by Crippen LogP contribution is -2.61. The van der Waals surface area contributed by atoms with E-state index < -0.39 is 102 Å². The van der Waals surface area contributed by atoms with Gasteiger partial charge in [0.15, 0.2) is 18.4 Å². The lowest BCUT2D eigenvalue weighted by atomic mass is 9.77. The summed E-state index contributed by atoms with van der Waals surface area (Å²) in [6.07, 6.45) is -6.22. The molecule has 13 nitrogen and oxygen atoms in total. The fourth-order valence-electron chi connectivity index (χ4n) is 9.81. The first kappa shape index (κ1) is 40.2. The van der Waals surface area contributed by atoms with Crippen molar-refractivity contribution in [3.63, 3.8) is 0 Å². The number of aliphatic hydroxyl groups excluding tert-OH is 3. The first-order chi connectivity index (χ1) is 23.2. The number of cyclic esters (lactones) is 1. The minimum atomic E-state index is -1.25. The first-order valence-electron chi connectivity index (χ1n) is 18.7. The Labute approximate surface area is 298 Å². The number of methoxy groups -OCH3 is 1. The number of likely N-dealkylation sites (N-methyl/N-ethyl adjacent to an activating group) is 1. The van der Waals surface area contributed by atoms with E-state index in [0.29, 0.717) is 19.3 Å². The molecule has 290 valence electrons. The normalized spacial score (nSPS) is 54.7. The van der Waals surface area contributed by atoms with Crippen LogP contribution in [0.2, 0.25) is 0 Å². The summed E-state index contributed by atoms with van der Waals surface area (Å²) in [5.41, 5.74) is -3.25. The number of nitrogens with zero attached hydrogens (tertiary/aromatic N) is 1. The van der Waals surface area contributed by atoms with Gasteiger partial charge in [0.05, 0.1) is 47.6 Å². The highest BCUT2D eigenvalue weighted by Gasteiger charge is 2.71. The van der Waals surface area contributed by atoms with Crippen molar-refractivity contribution < 1.29 is 58.0 Å². The van der Waals surface area contributed by atoms with Crippen LogP contribution >= 0.6 is 0 Å². The van der Waals surface area contributed by atoms with E-state index in [4.69, 9.17) is 37.9 Å². The number of fused-ring (bicyclic) bond motifs is 2. The summed E-state index contributed by atoms with van der Waals surface area (Å²) >= 11 is 0. The van der Waals surface area contributed by atoms with Crippen LogP contribution in [0.1, 0.15) is 94.9 Å². The molecule has 0 amide bonds. The highest BCUT2D eigenvalue weighted by molar-refractivity contribution is 5.73. The molecule has 0 aromatic rings. The SMILES string of the molecule is CC[C@@H]1OC(=O)[C@H](C)[C@@H](O[C@H]2C[C@@](C)(OC)[C@@H](O)[C@H](C)O2)[C@H](C)[C@@H](O[C@@H]2O[C@H](C)C[C@H](N(C)C)[C@H]2O)C2(C)CC(C)C3(O2)OC1(C)[C@H](O)[C@H]3C. The molecule has 0 aliphatic carbocycles. The maximum Gasteiger partial charge on any atom is 0.311 e. The molecule has 4 unspecified atom stereocenters. The lowest BCUT2D eigenvalue weighted by molar-refractivity contribution is -0.344. The maximum absolute atomic E-state index is 14.2. The molecule has 5 aliphatic rings. The Bertz CT molecular complexity index is 1210. The summed E-state index contributed by atoms with van der Waals surface area (Å²) in [4.78, 5) is 16.2. The van der Waals surface area contributed by atoms with E-state index in [-0.39, 0.29) is 24.5 Å². The molecule has 5 aliphatic heterocycles. The van der Waals surface area contributed by atoms with Gasteiger partial charge in [-0.3, -0.25) is 4.79 Å². The molecule has 0 aromatic heterocycles. The predicted octanol–water partition coefficient (Wildman–Crippen LogP) is 2.99. The second kappa shape index (κ2) is 14.4. The number of hydrogen-bond donors (Lipinski definition) is 3. The van der Waals surface area contributed by atoms with Crippen molar-refractivity contribution in [3.05, 3.63) is 0 Å². The van der Waals surface area contributed by atoms with Crippen molar-refractivity contribution in [2.24, 2.45) is 23.7 Å². The van der Waals surface area contributed by atoms with Crippen molar-refractivity contribution in [2.75, 3.05) is 21.2 Å². The van der Waals surface area contributed by atoms with Crippen LogP contribution in [0.4, 0.5) is 0 Å². The summed E-state index contributed by atoms with van der Waals surface area (Å²) in [5.74, 6) is -3.80. The molecule has 5 fully saturated rings. The van der Waals surface area contributed by atoms with Crippen LogP contribution < -0.4 is 0 Å². The average Bonchev–Trinajstić information content (AvgIpc) is 3.42. The van der Waals surface area contributed by atoms with E-state index in [1.807, 2.05) is 60.5 Å². The van der Waals surface area contributed by atoms with Gasteiger partial charge in [0.25, 0.3) is 0 Å². The number of carbonyl (C=O) groups excluding carboxylic acids is 1. The van der Waals surface area contributed by atoms with Gasteiger partial charge in [-0.2, -0.15) is 0 Å². The monoisotopic (exact) mass is 715 g/mol. The van der Waals surface area contributed by atoms with Crippen molar-refractivity contribution in [1.82, 2.24) is 4.90 Å². The minimum absolute atomic E-state index is 0.194. The van der Waals surface area contributed by atoms with E-state index in [1.54, 1.807) is 27.9 Å². The quantitative estimate of drug-likeness (QED) is 0.331. The summed E-state index contributed by atoms with van der Waals surface area (Å²) in [6.45, 7) is 18.9. The summed E-state index contributed by atoms with van der Waals surface area (Å²) < 4.78 is 52.3. The van der Waals surface area contributed by atoms with Gasteiger partial charge in [-0.25, -0.2) is 0 Å². The topological polar surface area (TPSA) is 155 Å². The van der Waals surface area contributed by atoms with E-state index in [2.05, 4.69) is 6.92 Å². The van der Waals surface area contributed by atoms with Gasteiger partial charge in [0.2, 0.25) is 0 Å².